The molecule has 0 amide bonds. The van der Waals surface area contributed by atoms with Crippen molar-refractivity contribution < 1.29 is 9.53 Å². The number of hydrogen-bond acceptors (Lipinski definition) is 2. The average Bonchev–Trinajstić information content (AvgIpc) is 2.84. The number of rotatable bonds is 5. The fourth-order valence-electron chi connectivity index (χ4n) is 2.41. The number of hydrogen-bond donors (Lipinski definition) is 0. The van der Waals surface area contributed by atoms with Gasteiger partial charge < -0.3 is 4.74 Å². The van der Waals surface area contributed by atoms with Crippen LogP contribution in [0.5, 0.6) is 0 Å². The van der Waals surface area contributed by atoms with Gasteiger partial charge in [-0.2, -0.15) is 0 Å². The number of benzene rings is 1. The smallest absolute Gasteiger partial charge is 0.327 e. The van der Waals surface area contributed by atoms with Gasteiger partial charge >= 0.3 is 5.97 Å². The highest BCUT2D eigenvalue weighted by Gasteiger charge is 2.39. The topological polar surface area (TPSA) is 50.1 Å². The summed E-state index contributed by atoms with van der Waals surface area (Å²) in [5, 5.41) is 0. The van der Waals surface area contributed by atoms with E-state index in [1.807, 2.05) is 18.2 Å². The minimum absolute atomic E-state index is 0.326. The minimum atomic E-state index is -0.952. The van der Waals surface area contributed by atoms with E-state index in [1.54, 1.807) is 0 Å². The fraction of sp³-hybridized carbons (Fsp3) is 0.533. The van der Waals surface area contributed by atoms with Crippen molar-refractivity contribution in [2.75, 3.05) is 6.61 Å². The third-order valence-electron chi connectivity index (χ3n) is 3.53. The Morgan fingerprint density at radius 3 is 2.56 bits per heavy atom. The number of esters is 1. The van der Waals surface area contributed by atoms with Crippen LogP contribution in [-0.4, -0.2) is 18.1 Å². The Labute approximate surface area is 108 Å². The molecule has 0 aromatic heterocycles. The molecule has 3 nitrogen and oxygen atoms in total. The lowest BCUT2D eigenvalue weighted by Gasteiger charge is -2.19. The van der Waals surface area contributed by atoms with E-state index < -0.39 is 5.54 Å². The third-order valence-corrected chi connectivity index (χ3v) is 3.53. The first kappa shape index (κ1) is 13.1. The maximum absolute atomic E-state index is 11.8. The van der Waals surface area contributed by atoms with Gasteiger partial charge in [-0.3, -0.25) is 0 Å². The molecule has 1 radical (unpaired) electrons. The lowest BCUT2D eigenvalue weighted by Crippen LogP contribution is -2.39. The summed E-state index contributed by atoms with van der Waals surface area (Å²) in [6.45, 7) is 0.425. The van der Waals surface area contributed by atoms with Crippen LogP contribution in [0.15, 0.2) is 30.3 Å². The van der Waals surface area contributed by atoms with Crippen molar-refractivity contribution in [2.24, 2.45) is 0 Å². The molecule has 3 heteroatoms. The van der Waals surface area contributed by atoms with E-state index in [1.165, 1.54) is 5.56 Å². The average molecular weight is 246 g/mol. The van der Waals surface area contributed by atoms with E-state index in [4.69, 9.17) is 10.5 Å². The SMILES string of the molecule is [NH]C1(C(=O)OCCCc2ccccc2)CCCC1. The van der Waals surface area contributed by atoms with Gasteiger partial charge in [-0.25, -0.2) is 10.5 Å². The summed E-state index contributed by atoms with van der Waals surface area (Å²) in [7, 11) is 0. The maximum Gasteiger partial charge on any atom is 0.327 e. The monoisotopic (exact) mass is 246 g/mol. The first-order valence-corrected chi connectivity index (χ1v) is 6.67. The van der Waals surface area contributed by atoms with Gasteiger partial charge in [0.1, 0.15) is 5.54 Å². The molecule has 0 heterocycles. The highest BCUT2D eigenvalue weighted by atomic mass is 16.5. The molecule has 0 bridgehead atoms. The van der Waals surface area contributed by atoms with Gasteiger partial charge in [-0.1, -0.05) is 43.2 Å². The van der Waals surface area contributed by atoms with Gasteiger partial charge in [0.05, 0.1) is 6.61 Å². The minimum Gasteiger partial charge on any atom is -0.464 e. The van der Waals surface area contributed by atoms with Crippen molar-refractivity contribution in [3.8, 4) is 0 Å². The van der Waals surface area contributed by atoms with Crippen LogP contribution >= 0.6 is 0 Å². The second-order valence-electron chi connectivity index (χ2n) is 5.01. The lowest BCUT2D eigenvalue weighted by molar-refractivity contribution is -0.150. The highest BCUT2D eigenvalue weighted by molar-refractivity contribution is 5.80. The van der Waals surface area contributed by atoms with E-state index in [9.17, 15) is 4.79 Å². The zero-order valence-corrected chi connectivity index (χ0v) is 10.7. The molecule has 1 fully saturated rings. The molecule has 1 N–H and O–H groups in total. The van der Waals surface area contributed by atoms with E-state index in [2.05, 4.69) is 12.1 Å². The number of ether oxygens (including phenoxy) is 1. The standard InChI is InChI=1S/C15H20NO2/c16-15(10-4-5-11-15)14(17)18-12-6-9-13-7-2-1-3-8-13/h1-3,7-8,16H,4-6,9-12H2. The van der Waals surface area contributed by atoms with Crippen LogP contribution in [0.3, 0.4) is 0 Å². The predicted molar refractivity (Wildman–Crippen MR) is 70.0 cm³/mol. The van der Waals surface area contributed by atoms with Crippen LogP contribution in [0.25, 0.3) is 0 Å². The zero-order chi connectivity index (χ0) is 12.8. The highest BCUT2D eigenvalue weighted by Crippen LogP contribution is 2.29. The Morgan fingerprint density at radius 2 is 1.89 bits per heavy atom. The summed E-state index contributed by atoms with van der Waals surface area (Å²) in [6, 6.07) is 10.2. The number of carbonyl (C=O) groups excluding carboxylic acids is 1. The van der Waals surface area contributed by atoms with Crippen LogP contribution in [-0.2, 0) is 16.0 Å². The Hall–Kier alpha value is -1.35. The summed E-state index contributed by atoms with van der Waals surface area (Å²) in [6.07, 6.45) is 5.01. The molecule has 0 aliphatic heterocycles. The molecule has 1 saturated carbocycles. The molecule has 1 aliphatic rings. The fourth-order valence-corrected chi connectivity index (χ4v) is 2.41. The van der Waals surface area contributed by atoms with Gasteiger partial charge in [0.15, 0.2) is 0 Å². The van der Waals surface area contributed by atoms with Crippen LogP contribution in [0.2, 0.25) is 0 Å². The van der Waals surface area contributed by atoms with Gasteiger partial charge in [0, 0.05) is 0 Å². The number of carbonyl (C=O) groups is 1. The first-order valence-electron chi connectivity index (χ1n) is 6.67. The van der Waals surface area contributed by atoms with Gasteiger partial charge in [-0.15, -0.1) is 0 Å². The lowest BCUT2D eigenvalue weighted by atomic mass is 10.00. The molecule has 1 aliphatic carbocycles. The van der Waals surface area contributed by atoms with Crippen LogP contribution in [0.1, 0.15) is 37.7 Å². The molecule has 97 valence electrons. The van der Waals surface area contributed by atoms with E-state index in [0.717, 1.165) is 25.7 Å². The van der Waals surface area contributed by atoms with E-state index >= 15 is 0 Å². The van der Waals surface area contributed by atoms with Crippen molar-refractivity contribution >= 4 is 5.97 Å². The first-order chi connectivity index (χ1) is 8.71. The zero-order valence-electron chi connectivity index (χ0n) is 10.7. The Balaban J connectivity index is 1.68. The molecular formula is C15H20NO2. The van der Waals surface area contributed by atoms with Crippen molar-refractivity contribution in [1.82, 2.24) is 5.73 Å². The van der Waals surface area contributed by atoms with Crippen molar-refractivity contribution in [3.05, 3.63) is 35.9 Å². The van der Waals surface area contributed by atoms with Gasteiger partial charge in [0.2, 0.25) is 0 Å². The quantitative estimate of drug-likeness (QED) is 0.592. The molecule has 0 unspecified atom stereocenters. The molecule has 1 aromatic rings. The number of aryl methyl sites for hydroxylation is 1. The van der Waals surface area contributed by atoms with Crippen LogP contribution in [0, 0.1) is 0 Å². The van der Waals surface area contributed by atoms with Gasteiger partial charge in [0.25, 0.3) is 0 Å². The largest absolute Gasteiger partial charge is 0.464 e. The van der Waals surface area contributed by atoms with E-state index in [0.29, 0.717) is 19.4 Å². The summed E-state index contributed by atoms with van der Waals surface area (Å²) in [4.78, 5) is 11.8. The predicted octanol–water partition coefficient (Wildman–Crippen LogP) is 2.76. The summed E-state index contributed by atoms with van der Waals surface area (Å²) < 4.78 is 5.22. The Morgan fingerprint density at radius 1 is 1.22 bits per heavy atom. The van der Waals surface area contributed by atoms with Crippen molar-refractivity contribution in [1.29, 1.82) is 0 Å². The summed E-state index contributed by atoms with van der Waals surface area (Å²) in [5.74, 6) is -0.326. The summed E-state index contributed by atoms with van der Waals surface area (Å²) in [5.41, 5.74) is 8.32. The molecule has 0 atom stereocenters. The van der Waals surface area contributed by atoms with Crippen LogP contribution < -0.4 is 5.73 Å². The maximum atomic E-state index is 11.8. The van der Waals surface area contributed by atoms with Gasteiger partial charge in [-0.05, 0) is 31.2 Å². The second kappa shape index (κ2) is 6.01. The molecule has 0 saturated heterocycles. The molecule has 0 spiro atoms. The Kier molecular flexibility index (Phi) is 4.37. The van der Waals surface area contributed by atoms with Crippen molar-refractivity contribution in [2.45, 2.75) is 44.1 Å². The summed E-state index contributed by atoms with van der Waals surface area (Å²) >= 11 is 0. The third kappa shape index (κ3) is 3.33. The molecule has 18 heavy (non-hydrogen) atoms. The van der Waals surface area contributed by atoms with E-state index in [-0.39, 0.29) is 5.97 Å². The normalized spacial score (nSPS) is 17.6. The number of nitrogens with one attached hydrogen (secondary N) is 1. The van der Waals surface area contributed by atoms with Crippen molar-refractivity contribution in [3.63, 3.8) is 0 Å². The molecule has 2 rings (SSSR count). The second-order valence-corrected chi connectivity index (χ2v) is 5.01. The van der Waals surface area contributed by atoms with Crippen LogP contribution in [0.4, 0.5) is 0 Å². The molecule has 1 aromatic carbocycles. The molecular weight excluding hydrogens is 226 g/mol. The Bertz CT molecular complexity index is 383.